The molecule has 1 heterocycles. The van der Waals surface area contributed by atoms with Crippen LogP contribution in [0.25, 0.3) is 0 Å². The first-order valence-electron chi connectivity index (χ1n) is 8.36. The van der Waals surface area contributed by atoms with Gasteiger partial charge in [-0.15, -0.1) is 0 Å². The number of hydrogen-bond donors (Lipinski definition) is 1. The lowest BCUT2D eigenvalue weighted by molar-refractivity contribution is -0.555. The Kier molecular flexibility index (Phi) is 5.01. The summed E-state index contributed by atoms with van der Waals surface area (Å²) < 4.78 is 5.30. The summed E-state index contributed by atoms with van der Waals surface area (Å²) in [6.45, 7) is 3.33. The standard InChI is InChI=1S/C20H22O5/c1-3-23-20(22)18(15(2)21)14-19(24-25-20,16-10-6-4-7-11-16)17-12-8-5-9-13-17/h4-13,18,22H,3,14H2,1-2H3. The molecule has 0 spiro atoms. The molecule has 1 aliphatic heterocycles. The highest BCUT2D eigenvalue weighted by Gasteiger charge is 2.56. The van der Waals surface area contributed by atoms with Crippen molar-refractivity contribution in [2.45, 2.75) is 31.8 Å². The monoisotopic (exact) mass is 342 g/mol. The van der Waals surface area contributed by atoms with Gasteiger partial charge in [0.1, 0.15) is 11.7 Å². The minimum Gasteiger partial charge on any atom is -0.341 e. The van der Waals surface area contributed by atoms with E-state index in [1.165, 1.54) is 6.92 Å². The molecule has 2 aromatic rings. The van der Waals surface area contributed by atoms with E-state index in [1.807, 2.05) is 60.7 Å². The van der Waals surface area contributed by atoms with E-state index in [0.29, 0.717) is 0 Å². The van der Waals surface area contributed by atoms with E-state index >= 15 is 0 Å². The van der Waals surface area contributed by atoms with E-state index in [-0.39, 0.29) is 18.8 Å². The Morgan fingerprint density at radius 2 is 1.60 bits per heavy atom. The molecule has 2 unspecified atom stereocenters. The van der Waals surface area contributed by atoms with Crippen molar-refractivity contribution in [2.75, 3.05) is 6.61 Å². The number of carbonyl (C=O) groups excluding carboxylic acids is 1. The maximum atomic E-state index is 12.3. The van der Waals surface area contributed by atoms with Crippen molar-refractivity contribution in [3.63, 3.8) is 0 Å². The predicted molar refractivity (Wildman–Crippen MR) is 91.2 cm³/mol. The summed E-state index contributed by atoms with van der Waals surface area (Å²) in [5, 5.41) is 10.6. The molecule has 0 aliphatic carbocycles. The number of Topliss-reactive ketones (excluding diaryl/α,β-unsaturated/α-hetero) is 1. The van der Waals surface area contributed by atoms with E-state index in [1.54, 1.807) is 6.92 Å². The van der Waals surface area contributed by atoms with Crippen molar-refractivity contribution >= 4 is 5.78 Å². The van der Waals surface area contributed by atoms with Crippen molar-refractivity contribution < 1.29 is 24.4 Å². The summed E-state index contributed by atoms with van der Waals surface area (Å²) in [5.74, 6) is -3.20. The summed E-state index contributed by atoms with van der Waals surface area (Å²) in [6, 6.07) is 19.1. The first-order valence-corrected chi connectivity index (χ1v) is 8.36. The molecule has 0 aromatic heterocycles. The van der Waals surface area contributed by atoms with Gasteiger partial charge in [0.15, 0.2) is 5.60 Å². The fourth-order valence-corrected chi connectivity index (χ4v) is 3.28. The number of ketones is 1. The van der Waals surface area contributed by atoms with Crippen LogP contribution >= 0.6 is 0 Å². The molecule has 25 heavy (non-hydrogen) atoms. The number of ether oxygens (including phenoxy) is 1. The number of hydrogen-bond acceptors (Lipinski definition) is 5. The van der Waals surface area contributed by atoms with Crippen LogP contribution in [0.5, 0.6) is 0 Å². The zero-order valence-corrected chi connectivity index (χ0v) is 14.3. The van der Waals surface area contributed by atoms with Gasteiger partial charge in [0, 0.05) is 13.0 Å². The second-order valence-corrected chi connectivity index (χ2v) is 6.16. The van der Waals surface area contributed by atoms with Crippen LogP contribution in [-0.4, -0.2) is 23.5 Å². The van der Waals surface area contributed by atoms with E-state index in [0.717, 1.165) is 11.1 Å². The van der Waals surface area contributed by atoms with E-state index in [2.05, 4.69) is 0 Å². The zero-order chi connectivity index (χ0) is 17.9. The summed E-state index contributed by atoms with van der Waals surface area (Å²) >= 11 is 0. The van der Waals surface area contributed by atoms with Crippen LogP contribution in [0.2, 0.25) is 0 Å². The fourth-order valence-electron chi connectivity index (χ4n) is 3.28. The van der Waals surface area contributed by atoms with Gasteiger partial charge in [-0.1, -0.05) is 60.7 Å². The van der Waals surface area contributed by atoms with Gasteiger partial charge in [-0.05, 0) is 25.0 Å². The van der Waals surface area contributed by atoms with Gasteiger partial charge in [0.25, 0.3) is 0 Å². The highest BCUT2D eigenvalue weighted by Crippen LogP contribution is 2.47. The maximum Gasteiger partial charge on any atom is 0.319 e. The second-order valence-electron chi connectivity index (χ2n) is 6.16. The molecule has 0 amide bonds. The van der Waals surface area contributed by atoms with Crippen molar-refractivity contribution in [1.29, 1.82) is 0 Å². The highest BCUT2D eigenvalue weighted by molar-refractivity contribution is 5.79. The molecule has 1 saturated heterocycles. The molecule has 3 rings (SSSR count). The van der Waals surface area contributed by atoms with Crippen molar-refractivity contribution in [2.24, 2.45) is 5.92 Å². The van der Waals surface area contributed by atoms with Crippen LogP contribution in [0.15, 0.2) is 60.7 Å². The van der Waals surface area contributed by atoms with Crippen LogP contribution in [0.3, 0.4) is 0 Å². The minimum atomic E-state index is -2.09. The van der Waals surface area contributed by atoms with Gasteiger partial charge in [-0.25, -0.2) is 4.89 Å². The topological polar surface area (TPSA) is 65.0 Å². The highest BCUT2D eigenvalue weighted by atomic mass is 17.3. The molecular weight excluding hydrogens is 320 g/mol. The van der Waals surface area contributed by atoms with Gasteiger partial charge in [0.2, 0.25) is 0 Å². The molecule has 2 atom stereocenters. The number of carbonyl (C=O) groups is 1. The fraction of sp³-hybridized carbons (Fsp3) is 0.350. The smallest absolute Gasteiger partial charge is 0.319 e. The van der Waals surface area contributed by atoms with Crippen molar-refractivity contribution in [3.8, 4) is 0 Å². The Bertz CT molecular complexity index is 676. The second kappa shape index (κ2) is 7.06. The zero-order valence-electron chi connectivity index (χ0n) is 14.3. The van der Waals surface area contributed by atoms with Gasteiger partial charge >= 0.3 is 5.97 Å². The van der Waals surface area contributed by atoms with Gasteiger partial charge < -0.3 is 9.84 Å². The Morgan fingerprint density at radius 3 is 2.04 bits per heavy atom. The van der Waals surface area contributed by atoms with Gasteiger partial charge in [-0.3, -0.25) is 4.79 Å². The molecule has 0 saturated carbocycles. The summed E-state index contributed by atoms with van der Waals surface area (Å²) in [5.41, 5.74) is 0.666. The Hall–Kier alpha value is -2.05. The molecular formula is C20H22O5. The maximum absolute atomic E-state index is 12.3. The van der Waals surface area contributed by atoms with E-state index in [4.69, 9.17) is 14.5 Å². The normalized spacial score (nSPS) is 25.5. The third-order valence-electron chi connectivity index (χ3n) is 4.56. The molecule has 132 valence electrons. The van der Waals surface area contributed by atoms with Crippen LogP contribution in [0, 0.1) is 5.92 Å². The van der Waals surface area contributed by atoms with Gasteiger partial charge in [-0.2, -0.15) is 4.89 Å². The number of rotatable bonds is 5. The van der Waals surface area contributed by atoms with Crippen LogP contribution < -0.4 is 0 Å². The third kappa shape index (κ3) is 3.24. The average Bonchev–Trinajstić information content (AvgIpc) is 2.64. The summed E-state index contributed by atoms with van der Waals surface area (Å²) in [6.07, 6.45) is 0.201. The average molecular weight is 342 g/mol. The lowest BCUT2D eigenvalue weighted by atomic mass is 9.76. The molecule has 0 radical (unpaired) electrons. The molecule has 1 N–H and O–H groups in total. The number of benzene rings is 2. The largest absolute Gasteiger partial charge is 0.341 e. The Balaban J connectivity index is 2.10. The lowest BCUT2D eigenvalue weighted by Crippen LogP contribution is -2.56. The first-order chi connectivity index (χ1) is 12.0. The van der Waals surface area contributed by atoms with Crippen LogP contribution in [0.1, 0.15) is 31.4 Å². The molecule has 2 aromatic carbocycles. The molecule has 0 bridgehead atoms. The summed E-state index contributed by atoms with van der Waals surface area (Å²) in [7, 11) is 0. The molecule has 5 nitrogen and oxygen atoms in total. The molecule has 5 heteroatoms. The van der Waals surface area contributed by atoms with E-state index in [9.17, 15) is 9.90 Å². The van der Waals surface area contributed by atoms with Crippen LogP contribution in [-0.2, 0) is 24.9 Å². The summed E-state index contributed by atoms with van der Waals surface area (Å²) in [4.78, 5) is 23.3. The first kappa shape index (κ1) is 17.8. The third-order valence-corrected chi connectivity index (χ3v) is 4.56. The predicted octanol–water partition coefficient (Wildman–Crippen LogP) is 3.17. The Labute approximate surface area is 147 Å². The SMILES string of the molecule is CCOC1(O)OOC(c2ccccc2)(c2ccccc2)CC1C(C)=O. The van der Waals surface area contributed by atoms with Crippen LogP contribution in [0.4, 0.5) is 0 Å². The molecule has 1 fully saturated rings. The molecule has 1 aliphatic rings. The lowest BCUT2D eigenvalue weighted by Gasteiger charge is -2.46. The van der Waals surface area contributed by atoms with Crippen molar-refractivity contribution in [1.82, 2.24) is 0 Å². The minimum absolute atomic E-state index is 0.188. The number of aliphatic hydroxyl groups is 1. The Morgan fingerprint density at radius 1 is 1.08 bits per heavy atom. The van der Waals surface area contributed by atoms with Gasteiger partial charge in [0.05, 0.1) is 0 Å². The van der Waals surface area contributed by atoms with Crippen molar-refractivity contribution in [3.05, 3.63) is 71.8 Å². The quantitative estimate of drug-likeness (QED) is 0.668. The van der Waals surface area contributed by atoms with E-state index < -0.39 is 17.5 Å².